The Hall–Kier alpha value is -0.470. The molecule has 0 fully saturated rings. The average Bonchev–Trinajstić information content (AvgIpc) is 2.34. The quantitative estimate of drug-likeness (QED) is 0.720. The lowest BCUT2D eigenvalue weighted by Crippen LogP contribution is -2.06. The van der Waals surface area contributed by atoms with Gasteiger partial charge in [0.05, 0.1) is 11.1 Å². The van der Waals surface area contributed by atoms with Crippen molar-refractivity contribution in [3.8, 4) is 0 Å². The molecule has 1 rings (SSSR count). The third-order valence-corrected chi connectivity index (χ3v) is 1.59. The van der Waals surface area contributed by atoms with Gasteiger partial charge in [-0.2, -0.15) is 0 Å². The fourth-order valence-corrected chi connectivity index (χ4v) is 0.876. The van der Waals surface area contributed by atoms with E-state index in [-0.39, 0.29) is 6.04 Å². The highest BCUT2D eigenvalue weighted by Gasteiger charge is 2.06. The zero-order valence-corrected chi connectivity index (χ0v) is 6.56. The fraction of sp³-hybridized carbons (Fsp3) is 0.429. The molecule has 1 aromatic rings. The minimum atomic E-state index is -0.0208. The number of hydrogen-bond acceptors (Lipinski definition) is 2. The molecule has 0 aliphatic heterocycles. The number of furan rings is 1. The number of halogens is 1. The van der Waals surface area contributed by atoms with Crippen LogP contribution in [-0.2, 0) is 0 Å². The van der Waals surface area contributed by atoms with Crippen LogP contribution in [0, 0.1) is 0 Å². The fourth-order valence-electron chi connectivity index (χ4n) is 0.724. The Labute approximate surface area is 65.0 Å². The van der Waals surface area contributed by atoms with Crippen molar-refractivity contribution in [3.05, 3.63) is 23.1 Å². The normalized spacial score (nSPS) is 13.5. The van der Waals surface area contributed by atoms with E-state index in [2.05, 4.69) is 0 Å². The van der Waals surface area contributed by atoms with Gasteiger partial charge < -0.3 is 10.2 Å². The second-order valence-corrected chi connectivity index (χ2v) is 2.62. The third-order valence-electron chi connectivity index (χ3n) is 1.39. The van der Waals surface area contributed by atoms with Gasteiger partial charge in [-0.25, -0.2) is 0 Å². The lowest BCUT2D eigenvalue weighted by Gasteiger charge is -2.01. The van der Waals surface area contributed by atoms with E-state index < -0.39 is 0 Å². The standard InChI is InChI=1S/C7H10ClNO/c1-2-6(9)7-3-5(8)4-10-7/h3-4,6H,2,9H2,1H3. The number of hydrogen-bond donors (Lipinski definition) is 1. The van der Waals surface area contributed by atoms with Crippen LogP contribution < -0.4 is 5.73 Å². The van der Waals surface area contributed by atoms with Crippen LogP contribution >= 0.6 is 11.6 Å². The van der Waals surface area contributed by atoms with Crippen LogP contribution in [-0.4, -0.2) is 0 Å². The van der Waals surface area contributed by atoms with Gasteiger partial charge in [0.25, 0.3) is 0 Å². The van der Waals surface area contributed by atoms with Crippen molar-refractivity contribution in [1.29, 1.82) is 0 Å². The summed E-state index contributed by atoms with van der Waals surface area (Å²) in [6, 6.07) is 1.72. The zero-order valence-electron chi connectivity index (χ0n) is 5.80. The van der Waals surface area contributed by atoms with Crippen molar-refractivity contribution in [3.63, 3.8) is 0 Å². The molecule has 0 saturated heterocycles. The SMILES string of the molecule is CCC(N)c1cc(Cl)co1. The third kappa shape index (κ3) is 1.52. The molecule has 0 aromatic carbocycles. The molecule has 0 amide bonds. The predicted octanol–water partition coefficient (Wildman–Crippen LogP) is 2.34. The van der Waals surface area contributed by atoms with Crippen LogP contribution in [0.25, 0.3) is 0 Å². The van der Waals surface area contributed by atoms with E-state index in [1.54, 1.807) is 6.07 Å². The van der Waals surface area contributed by atoms with Crippen molar-refractivity contribution in [2.24, 2.45) is 5.73 Å². The van der Waals surface area contributed by atoms with Gasteiger partial charge in [-0.3, -0.25) is 0 Å². The first-order chi connectivity index (χ1) is 4.74. The van der Waals surface area contributed by atoms with Gasteiger partial charge in [-0.05, 0) is 12.5 Å². The highest BCUT2D eigenvalue weighted by Crippen LogP contribution is 2.19. The van der Waals surface area contributed by atoms with Crippen LogP contribution in [0.15, 0.2) is 16.7 Å². The molecule has 0 saturated carbocycles. The molecule has 1 atom stereocenters. The van der Waals surface area contributed by atoms with Gasteiger partial charge in [0.1, 0.15) is 12.0 Å². The summed E-state index contributed by atoms with van der Waals surface area (Å²) in [7, 11) is 0. The molecule has 1 aromatic heterocycles. The smallest absolute Gasteiger partial charge is 0.122 e. The van der Waals surface area contributed by atoms with Gasteiger partial charge >= 0.3 is 0 Å². The summed E-state index contributed by atoms with van der Waals surface area (Å²) < 4.78 is 5.06. The highest BCUT2D eigenvalue weighted by molar-refractivity contribution is 6.30. The van der Waals surface area contributed by atoms with E-state index in [1.807, 2.05) is 6.92 Å². The number of rotatable bonds is 2. The van der Waals surface area contributed by atoms with Crippen molar-refractivity contribution < 1.29 is 4.42 Å². The van der Waals surface area contributed by atoms with E-state index in [0.717, 1.165) is 12.2 Å². The van der Waals surface area contributed by atoms with Crippen LogP contribution in [0.3, 0.4) is 0 Å². The Morgan fingerprint density at radius 2 is 2.50 bits per heavy atom. The van der Waals surface area contributed by atoms with Gasteiger partial charge in [0.15, 0.2) is 0 Å². The average molecular weight is 160 g/mol. The first-order valence-corrected chi connectivity index (χ1v) is 3.61. The minimum Gasteiger partial charge on any atom is -0.466 e. The summed E-state index contributed by atoms with van der Waals surface area (Å²) in [5.41, 5.74) is 5.66. The molecule has 0 radical (unpaired) electrons. The Bertz CT molecular complexity index is 209. The van der Waals surface area contributed by atoms with Crippen molar-refractivity contribution in [1.82, 2.24) is 0 Å². The molecule has 2 N–H and O–H groups in total. The lowest BCUT2D eigenvalue weighted by molar-refractivity contribution is 0.460. The van der Waals surface area contributed by atoms with Gasteiger partial charge in [0, 0.05) is 0 Å². The van der Waals surface area contributed by atoms with Gasteiger partial charge in [-0.1, -0.05) is 18.5 Å². The van der Waals surface area contributed by atoms with E-state index in [4.69, 9.17) is 21.8 Å². The second-order valence-electron chi connectivity index (χ2n) is 2.18. The zero-order chi connectivity index (χ0) is 7.56. The molecule has 56 valence electrons. The van der Waals surface area contributed by atoms with Crippen LogP contribution in [0.5, 0.6) is 0 Å². The topological polar surface area (TPSA) is 39.2 Å². The summed E-state index contributed by atoms with van der Waals surface area (Å²) in [4.78, 5) is 0. The summed E-state index contributed by atoms with van der Waals surface area (Å²) >= 11 is 5.61. The molecule has 3 heteroatoms. The Kier molecular flexibility index (Phi) is 2.35. The van der Waals surface area contributed by atoms with Crippen LogP contribution in [0.4, 0.5) is 0 Å². The summed E-state index contributed by atoms with van der Waals surface area (Å²) in [6.45, 7) is 2.00. The minimum absolute atomic E-state index is 0.0208. The Morgan fingerprint density at radius 1 is 1.80 bits per heavy atom. The van der Waals surface area contributed by atoms with Crippen molar-refractivity contribution in [2.45, 2.75) is 19.4 Å². The molecule has 0 aliphatic carbocycles. The molecule has 0 spiro atoms. The summed E-state index contributed by atoms with van der Waals surface area (Å²) in [5.74, 6) is 0.757. The number of nitrogens with two attached hydrogens (primary N) is 1. The van der Waals surface area contributed by atoms with E-state index in [0.29, 0.717) is 5.02 Å². The largest absolute Gasteiger partial charge is 0.466 e. The summed E-state index contributed by atoms with van der Waals surface area (Å²) in [6.07, 6.45) is 2.36. The predicted molar refractivity (Wildman–Crippen MR) is 40.9 cm³/mol. The van der Waals surface area contributed by atoms with E-state index in [1.165, 1.54) is 6.26 Å². The molecule has 0 aliphatic rings. The van der Waals surface area contributed by atoms with Crippen LogP contribution in [0.2, 0.25) is 5.02 Å². The first kappa shape index (κ1) is 7.63. The Balaban J connectivity index is 2.74. The molecule has 1 unspecified atom stereocenters. The monoisotopic (exact) mass is 159 g/mol. The molecule has 10 heavy (non-hydrogen) atoms. The Morgan fingerprint density at radius 3 is 2.90 bits per heavy atom. The van der Waals surface area contributed by atoms with Crippen molar-refractivity contribution >= 4 is 11.6 Å². The van der Waals surface area contributed by atoms with Gasteiger partial charge in [0.2, 0.25) is 0 Å². The molecular formula is C7H10ClNO. The van der Waals surface area contributed by atoms with Crippen molar-refractivity contribution in [2.75, 3.05) is 0 Å². The molecule has 2 nitrogen and oxygen atoms in total. The molecule has 0 bridgehead atoms. The maximum Gasteiger partial charge on any atom is 0.122 e. The van der Waals surface area contributed by atoms with E-state index >= 15 is 0 Å². The molecule has 1 heterocycles. The lowest BCUT2D eigenvalue weighted by atomic mass is 10.2. The maximum absolute atomic E-state index is 5.66. The maximum atomic E-state index is 5.66. The highest BCUT2D eigenvalue weighted by atomic mass is 35.5. The second kappa shape index (κ2) is 3.08. The molecular weight excluding hydrogens is 150 g/mol. The van der Waals surface area contributed by atoms with Gasteiger partial charge in [-0.15, -0.1) is 0 Å². The summed E-state index contributed by atoms with van der Waals surface area (Å²) in [5, 5.41) is 0.610. The van der Waals surface area contributed by atoms with Crippen LogP contribution in [0.1, 0.15) is 25.1 Å². The first-order valence-electron chi connectivity index (χ1n) is 3.23. The van der Waals surface area contributed by atoms with E-state index in [9.17, 15) is 0 Å².